The number of amides is 1. The molecule has 38 heavy (non-hydrogen) atoms. The number of nitrogens with zero attached hydrogens (tertiary/aromatic N) is 3. The molecule has 3 aliphatic heterocycles. The van der Waals surface area contributed by atoms with Gasteiger partial charge in [0.2, 0.25) is 11.8 Å². The van der Waals surface area contributed by atoms with Gasteiger partial charge in [-0.05, 0) is 127 Å². The Labute approximate surface area is 231 Å². The first-order valence-corrected chi connectivity index (χ1v) is 15.1. The molecule has 1 N–H and O–H groups in total. The van der Waals surface area contributed by atoms with E-state index in [4.69, 9.17) is 9.73 Å². The highest BCUT2D eigenvalue weighted by Crippen LogP contribution is 2.30. The Morgan fingerprint density at radius 1 is 0.895 bits per heavy atom. The minimum atomic E-state index is 0.0672. The van der Waals surface area contributed by atoms with Crippen LogP contribution in [0.2, 0.25) is 0 Å². The number of hydrogen-bond donors (Lipinski definition) is 1. The maximum absolute atomic E-state index is 12.8. The number of rotatable bonds is 8. The minimum Gasteiger partial charge on any atom is -0.472 e. The SMILES string of the molecule is Cc1c(C)c(C)c(C2=NC(CN3CCC(C(=O)NCCCN4C[C@H](C)C[C@H](C)C4)CC3)C(C)O2)c(C)c1C. The zero-order chi connectivity index (χ0) is 27.6. The largest absolute Gasteiger partial charge is 0.472 e. The first-order valence-electron chi connectivity index (χ1n) is 15.1. The Hall–Kier alpha value is -1.92. The molecule has 3 aliphatic rings. The zero-order valence-electron chi connectivity index (χ0n) is 25.3. The Morgan fingerprint density at radius 2 is 1.47 bits per heavy atom. The quantitative estimate of drug-likeness (QED) is 0.489. The number of nitrogens with one attached hydrogen (secondary N) is 1. The van der Waals surface area contributed by atoms with Gasteiger partial charge >= 0.3 is 0 Å². The minimum absolute atomic E-state index is 0.0672. The number of piperidine rings is 2. The molecule has 0 spiro atoms. The summed E-state index contributed by atoms with van der Waals surface area (Å²) in [4.78, 5) is 23.0. The third-order valence-corrected chi connectivity index (χ3v) is 9.63. The van der Waals surface area contributed by atoms with Crippen molar-refractivity contribution < 1.29 is 9.53 Å². The van der Waals surface area contributed by atoms with Crippen LogP contribution < -0.4 is 5.32 Å². The fourth-order valence-electron chi connectivity index (χ4n) is 6.95. The normalized spacial score (nSPS) is 27.3. The Morgan fingerprint density at radius 3 is 2.08 bits per heavy atom. The third kappa shape index (κ3) is 6.62. The zero-order valence-corrected chi connectivity index (χ0v) is 25.3. The molecule has 0 saturated carbocycles. The van der Waals surface area contributed by atoms with Crippen LogP contribution in [0.25, 0.3) is 0 Å². The van der Waals surface area contributed by atoms with Gasteiger partial charge in [0.1, 0.15) is 12.1 Å². The van der Waals surface area contributed by atoms with Crippen molar-refractivity contribution in [2.24, 2.45) is 22.7 Å². The van der Waals surface area contributed by atoms with Crippen LogP contribution in [-0.4, -0.2) is 79.6 Å². The smallest absolute Gasteiger partial charge is 0.223 e. The predicted octanol–water partition coefficient (Wildman–Crippen LogP) is 4.96. The lowest BCUT2D eigenvalue weighted by Crippen LogP contribution is -2.44. The number of ether oxygens (including phenoxy) is 1. The molecule has 3 heterocycles. The van der Waals surface area contributed by atoms with Crippen LogP contribution in [0.5, 0.6) is 0 Å². The van der Waals surface area contributed by atoms with Crippen molar-refractivity contribution in [3.8, 4) is 0 Å². The standard InChI is InChI=1S/C32H52N4O2/c1-20-16-21(2)18-36(17-20)13-9-12-33-31(37)28-10-14-35(15-11-28)19-29-27(8)38-32(34-29)30-25(6)23(4)22(3)24(5)26(30)7/h20-21,27-29H,9-19H2,1-8H3,(H,33,37)/t20-,21+,27?,29?. The Bertz CT molecular complexity index is 988. The second-order valence-electron chi connectivity index (χ2n) is 12.7. The van der Waals surface area contributed by atoms with Gasteiger partial charge in [0.05, 0.1) is 0 Å². The summed E-state index contributed by atoms with van der Waals surface area (Å²) >= 11 is 0. The van der Waals surface area contributed by atoms with Crippen LogP contribution in [0.3, 0.4) is 0 Å². The molecule has 4 rings (SSSR count). The average molecular weight is 525 g/mol. The number of carbonyl (C=O) groups excluding carboxylic acids is 1. The lowest BCUT2D eigenvalue weighted by Gasteiger charge is -2.35. The van der Waals surface area contributed by atoms with Crippen molar-refractivity contribution in [3.63, 3.8) is 0 Å². The average Bonchev–Trinajstić information content (AvgIpc) is 3.23. The summed E-state index contributed by atoms with van der Waals surface area (Å²) in [5.74, 6) is 2.78. The van der Waals surface area contributed by atoms with E-state index in [9.17, 15) is 4.79 Å². The molecule has 0 aliphatic carbocycles. The van der Waals surface area contributed by atoms with Crippen molar-refractivity contribution in [1.29, 1.82) is 0 Å². The Balaban J connectivity index is 1.23. The van der Waals surface area contributed by atoms with Gasteiger partial charge in [0.25, 0.3) is 0 Å². The maximum atomic E-state index is 12.8. The van der Waals surface area contributed by atoms with Gasteiger partial charge in [0.15, 0.2) is 0 Å². The van der Waals surface area contributed by atoms with Crippen molar-refractivity contribution in [3.05, 3.63) is 33.4 Å². The van der Waals surface area contributed by atoms with E-state index in [-0.39, 0.29) is 24.0 Å². The Kier molecular flexibility index (Phi) is 9.57. The van der Waals surface area contributed by atoms with E-state index < -0.39 is 0 Å². The first kappa shape index (κ1) is 29.1. The van der Waals surface area contributed by atoms with Crippen LogP contribution in [0.4, 0.5) is 0 Å². The van der Waals surface area contributed by atoms with Gasteiger partial charge in [-0.2, -0.15) is 0 Å². The number of carbonyl (C=O) groups is 1. The molecule has 6 heteroatoms. The van der Waals surface area contributed by atoms with E-state index in [0.29, 0.717) is 0 Å². The molecular weight excluding hydrogens is 472 g/mol. The third-order valence-electron chi connectivity index (χ3n) is 9.63. The summed E-state index contributed by atoms with van der Waals surface area (Å²) in [5.41, 5.74) is 7.78. The summed E-state index contributed by atoms with van der Waals surface area (Å²) in [6.45, 7) is 25.0. The van der Waals surface area contributed by atoms with E-state index in [2.05, 4.69) is 70.5 Å². The number of benzene rings is 1. The van der Waals surface area contributed by atoms with Crippen molar-refractivity contribution >= 4 is 11.8 Å². The van der Waals surface area contributed by atoms with Crippen molar-refractivity contribution in [2.45, 2.75) is 93.2 Å². The summed E-state index contributed by atoms with van der Waals surface area (Å²) in [6, 6.07) is 0.135. The molecule has 212 valence electrons. The number of aliphatic imine (C=N–C) groups is 1. The fraction of sp³-hybridized carbons (Fsp3) is 0.750. The van der Waals surface area contributed by atoms with E-state index >= 15 is 0 Å². The van der Waals surface area contributed by atoms with Gasteiger partial charge in [-0.3, -0.25) is 4.79 Å². The molecule has 2 unspecified atom stereocenters. The first-order chi connectivity index (χ1) is 18.0. The van der Waals surface area contributed by atoms with Gasteiger partial charge in [-0.15, -0.1) is 0 Å². The van der Waals surface area contributed by atoms with E-state index in [1.807, 2.05) is 0 Å². The molecule has 0 aromatic heterocycles. The van der Waals surface area contributed by atoms with Gasteiger partial charge in [-0.25, -0.2) is 4.99 Å². The predicted molar refractivity (Wildman–Crippen MR) is 157 cm³/mol. The molecular formula is C32H52N4O2. The van der Waals surface area contributed by atoms with Crippen LogP contribution in [0.1, 0.15) is 79.8 Å². The molecule has 6 nitrogen and oxygen atoms in total. The number of likely N-dealkylation sites (tertiary alicyclic amines) is 2. The summed E-state index contributed by atoms with van der Waals surface area (Å²) in [5, 5.41) is 3.23. The topological polar surface area (TPSA) is 57.2 Å². The highest BCUT2D eigenvalue weighted by Gasteiger charge is 2.33. The maximum Gasteiger partial charge on any atom is 0.223 e. The monoisotopic (exact) mass is 524 g/mol. The molecule has 2 saturated heterocycles. The number of hydrogen-bond acceptors (Lipinski definition) is 5. The van der Waals surface area contributed by atoms with Crippen LogP contribution >= 0.6 is 0 Å². The summed E-state index contributed by atoms with van der Waals surface area (Å²) < 4.78 is 6.34. The lowest BCUT2D eigenvalue weighted by atomic mass is 9.89. The van der Waals surface area contributed by atoms with E-state index in [1.165, 1.54) is 52.9 Å². The highest BCUT2D eigenvalue weighted by atomic mass is 16.5. The van der Waals surface area contributed by atoms with E-state index in [1.54, 1.807) is 0 Å². The molecule has 1 amide bonds. The second-order valence-corrected chi connectivity index (χ2v) is 12.7. The van der Waals surface area contributed by atoms with E-state index in [0.717, 1.165) is 69.7 Å². The fourth-order valence-corrected chi connectivity index (χ4v) is 6.95. The molecule has 0 bridgehead atoms. The molecule has 4 atom stereocenters. The molecule has 0 radical (unpaired) electrons. The van der Waals surface area contributed by atoms with Crippen LogP contribution in [0.15, 0.2) is 4.99 Å². The molecule has 2 fully saturated rings. The van der Waals surface area contributed by atoms with Gasteiger partial charge in [0, 0.05) is 37.7 Å². The summed E-state index contributed by atoms with van der Waals surface area (Å²) in [6.07, 6.45) is 4.32. The van der Waals surface area contributed by atoms with Crippen LogP contribution in [0, 0.1) is 52.4 Å². The molecule has 1 aromatic carbocycles. The second kappa shape index (κ2) is 12.5. The van der Waals surface area contributed by atoms with Gasteiger partial charge in [-0.1, -0.05) is 13.8 Å². The highest BCUT2D eigenvalue weighted by molar-refractivity contribution is 5.99. The van der Waals surface area contributed by atoms with Gasteiger partial charge < -0.3 is 19.9 Å². The van der Waals surface area contributed by atoms with Crippen molar-refractivity contribution in [2.75, 3.05) is 45.8 Å². The molecule has 1 aromatic rings. The lowest BCUT2D eigenvalue weighted by molar-refractivity contribution is -0.126. The van der Waals surface area contributed by atoms with Crippen LogP contribution in [-0.2, 0) is 9.53 Å². The summed E-state index contributed by atoms with van der Waals surface area (Å²) in [7, 11) is 0. The van der Waals surface area contributed by atoms with Crippen molar-refractivity contribution in [1.82, 2.24) is 15.1 Å².